The molecule has 0 bridgehead atoms. The fourth-order valence-corrected chi connectivity index (χ4v) is 3.31. The van der Waals surface area contributed by atoms with Crippen molar-refractivity contribution in [1.82, 2.24) is 30.3 Å². The zero-order chi connectivity index (χ0) is 20.6. The first-order valence-electron chi connectivity index (χ1n) is 10.0. The average Bonchev–Trinajstić information content (AvgIpc) is 3.06. The predicted octanol–water partition coefficient (Wildman–Crippen LogP) is 1.39. The van der Waals surface area contributed by atoms with E-state index in [2.05, 4.69) is 30.7 Å². The fraction of sp³-hybridized carbons (Fsp3) is 0.550. The van der Waals surface area contributed by atoms with E-state index in [0.717, 1.165) is 36.8 Å². The summed E-state index contributed by atoms with van der Waals surface area (Å²) in [4.78, 5) is 7.01. The zero-order valence-electron chi connectivity index (χ0n) is 17.4. The number of aryl methyl sites for hydroxylation is 1. The highest BCUT2D eigenvalue weighted by Crippen LogP contribution is 2.21. The number of ether oxygens (including phenoxy) is 1. The number of rotatable bonds is 7. The van der Waals surface area contributed by atoms with Gasteiger partial charge in [0.25, 0.3) is 0 Å². The van der Waals surface area contributed by atoms with Gasteiger partial charge >= 0.3 is 0 Å². The van der Waals surface area contributed by atoms with Crippen LogP contribution in [0.15, 0.2) is 29.3 Å². The number of benzene rings is 1. The Morgan fingerprint density at radius 3 is 2.55 bits per heavy atom. The van der Waals surface area contributed by atoms with Crippen molar-refractivity contribution in [2.45, 2.75) is 26.4 Å². The van der Waals surface area contributed by atoms with E-state index < -0.39 is 0 Å². The highest BCUT2D eigenvalue weighted by atomic mass is 19.1. The fourth-order valence-electron chi connectivity index (χ4n) is 3.31. The van der Waals surface area contributed by atoms with Crippen LogP contribution in [0.4, 0.5) is 4.39 Å². The van der Waals surface area contributed by atoms with Crippen LogP contribution in [0.25, 0.3) is 0 Å². The van der Waals surface area contributed by atoms with Crippen LogP contribution < -0.4 is 10.6 Å². The minimum absolute atomic E-state index is 0.0976. The molecule has 2 aromatic rings. The molecular weight excluding hydrogens is 373 g/mol. The van der Waals surface area contributed by atoms with Gasteiger partial charge in [0, 0.05) is 33.2 Å². The van der Waals surface area contributed by atoms with Crippen LogP contribution in [0.5, 0.6) is 0 Å². The molecule has 9 heteroatoms. The molecule has 3 rings (SSSR count). The average molecular weight is 404 g/mol. The maximum Gasteiger partial charge on any atom is 0.191 e. The monoisotopic (exact) mass is 403 g/mol. The smallest absolute Gasteiger partial charge is 0.191 e. The standard InChI is InChI=1S/C20H30FN7O/c1-4-22-20(24-14-19-26-25-15(2)27(19)3)23-13-18(28-9-11-29-12-10-28)16-5-7-17(21)8-6-16/h5-8,18H,4,9-14H2,1-3H3,(H2,22,23,24). The molecular formula is C20H30FN7O. The molecule has 1 fully saturated rings. The molecule has 1 aliphatic heterocycles. The Morgan fingerprint density at radius 1 is 1.21 bits per heavy atom. The third-order valence-corrected chi connectivity index (χ3v) is 5.11. The third kappa shape index (κ3) is 5.74. The molecule has 0 aliphatic carbocycles. The molecule has 0 saturated carbocycles. The Morgan fingerprint density at radius 2 is 1.93 bits per heavy atom. The summed E-state index contributed by atoms with van der Waals surface area (Å²) in [7, 11) is 1.93. The van der Waals surface area contributed by atoms with Crippen molar-refractivity contribution in [3.63, 3.8) is 0 Å². The third-order valence-electron chi connectivity index (χ3n) is 5.11. The maximum atomic E-state index is 13.4. The van der Waals surface area contributed by atoms with Crippen LogP contribution in [0.1, 0.15) is 30.2 Å². The topological polar surface area (TPSA) is 79.6 Å². The first kappa shape index (κ1) is 21.2. The highest BCUT2D eigenvalue weighted by Gasteiger charge is 2.23. The van der Waals surface area contributed by atoms with Gasteiger partial charge < -0.3 is 19.9 Å². The first-order valence-corrected chi connectivity index (χ1v) is 10.0. The number of nitrogens with zero attached hydrogens (tertiary/aromatic N) is 5. The summed E-state index contributed by atoms with van der Waals surface area (Å²) in [6.45, 7) is 8.88. The molecule has 0 amide bonds. The molecule has 1 atom stereocenters. The number of halogens is 1. The second-order valence-electron chi connectivity index (χ2n) is 7.01. The molecule has 0 radical (unpaired) electrons. The van der Waals surface area contributed by atoms with E-state index in [1.165, 1.54) is 12.1 Å². The van der Waals surface area contributed by atoms with Crippen molar-refractivity contribution in [3.8, 4) is 0 Å². The summed E-state index contributed by atoms with van der Waals surface area (Å²) in [5.74, 6) is 2.16. The number of aromatic nitrogens is 3. The van der Waals surface area contributed by atoms with E-state index in [1.54, 1.807) is 0 Å². The van der Waals surface area contributed by atoms with Gasteiger partial charge in [0.05, 0.1) is 19.3 Å². The van der Waals surface area contributed by atoms with Crippen molar-refractivity contribution in [3.05, 3.63) is 47.3 Å². The Labute approximate surface area is 171 Å². The van der Waals surface area contributed by atoms with Crippen molar-refractivity contribution in [1.29, 1.82) is 0 Å². The molecule has 29 heavy (non-hydrogen) atoms. The highest BCUT2D eigenvalue weighted by molar-refractivity contribution is 5.79. The number of hydrogen-bond donors (Lipinski definition) is 2. The number of guanidine groups is 1. The zero-order valence-corrected chi connectivity index (χ0v) is 17.4. The van der Waals surface area contributed by atoms with E-state index in [-0.39, 0.29) is 11.9 Å². The van der Waals surface area contributed by atoms with Crippen LogP contribution in [-0.4, -0.2) is 65.0 Å². The van der Waals surface area contributed by atoms with Gasteiger partial charge in [0.1, 0.15) is 18.2 Å². The quantitative estimate of drug-likeness (QED) is 0.537. The molecule has 2 N–H and O–H groups in total. The van der Waals surface area contributed by atoms with Gasteiger partial charge in [-0.15, -0.1) is 10.2 Å². The van der Waals surface area contributed by atoms with Crippen LogP contribution in [0.2, 0.25) is 0 Å². The molecule has 8 nitrogen and oxygen atoms in total. The van der Waals surface area contributed by atoms with Gasteiger partial charge in [-0.1, -0.05) is 12.1 Å². The summed E-state index contributed by atoms with van der Waals surface area (Å²) in [6.07, 6.45) is 0. The van der Waals surface area contributed by atoms with Gasteiger partial charge in [-0.05, 0) is 31.5 Å². The van der Waals surface area contributed by atoms with Crippen molar-refractivity contribution in [2.75, 3.05) is 39.4 Å². The largest absolute Gasteiger partial charge is 0.379 e. The molecule has 158 valence electrons. The minimum atomic E-state index is -0.226. The predicted molar refractivity (Wildman–Crippen MR) is 110 cm³/mol. The maximum absolute atomic E-state index is 13.4. The summed E-state index contributed by atoms with van der Waals surface area (Å²) in [6, 6.07) is 6.82. The lowest BCUT2D eigenvalue weighted by Crippen LogP contribution is -2.46. The second-order valence-corrected chi connectivity index (χ2v) is 7.01. The van der Waals surface area contributed by atoms with Gasteiger partial charge in [0.15, 0.2) is 11.8 Å². The lowest BCUT2D eigenvalue weighted by molar-refractivity contribution is 0.0170. The second kappa shape index (κ2) is 10.3. The van der Waals surface area contributed by atoms with Gasteiger partial charge in [-0.2, -0.15) is 0 Å². The summed E-state index contributed by atoms with van der Waals surface area (Å²) in [5, 5.41) is 14.9. The summed E-state index contributed by atoms with van der Waals surface area (Å²) < 4.78 is 20.8. The van der Waals surface area contributed by atoms with Gasteiger partial charge in [-0.3, -0.25) is 4.90 Å². The number of nitrogens with one attached hydrogen (secondary N) is 2. The SMILES string of the molecule is CCNC(=NCc1nnc(C)n1C)NCC(c1ccc(F)cc1)N1CCOCC1. The Hall–Kier alpha value is -2.52. The van der Waals surface area contributed by atoms with Crippen molar-refractivity contribution >= 4 is 5.96 Å². The van der Waals surface area contributed by atoms with Gasteiger partial charge in [0.2, 0.25) is 0 Å². The van der Waals surface area contributed by atoms with E-state index in [4.69, 9.17) is 4.74 Å². The normalized spacial score (nSPS) is 16.6. The molecule has 0 spiro atoms. The minimum Gasteiger partial charge on any atom is -0.379 e. The Balaban J connectivity index is 1.71. The van der Waals surface area contributed by atoms with E-state index in [9.17, 15) is 4.39 Å². The molecule has 1 aromatic heterocycles. The van der Waals surface area contributed by atoms with Crippen LogP contribution >= 0.6 is 0 Å². The molecule has 1 saturated heterocycles. The van der Waals surface area contributed by atoms with Crippen molar-refractivity contribution in [2.24, 2.45) is 12.0 Å². The molecule has 1 aromatic carbocycles. The number of aliphatic imine (C=N–C) groups is 1. The molecule has 1 unspecified atom stereocenters. The number of hydrogen-bond acceptors (Lipinski definition) is 5. The van der Waals surface area contributed by atoms with Crippen LogP contribution in [0.3, 0.4) is 0 Å². The molecule has 2 heterocycles. The van der Waals surface area contributed by atoms with Crippen molar-refractivity contribution < 1.29 is 9.13 Å². The van der Waals surface area contributed by atoms with E-state index in [1.807, 2.05) is 37.6 Å². The van der Waals surface area contributed by atoms with Gasteiger partial charge in [-0.25, -0.2) is 9.38 Å². The molecule has 1 aliphatic rings. The van der Waals surface area contributed by atoms with E-state index in [0.29, 0.717) is 32.3 Å². The van der Waals surface area contributed by atoms with Crippen LogP contribution in [0, 0.1) is 12.7 Å². The Kier molecular flexibility index (Phi) is 7.54. The lowest BCUT2D eigenvalue weighted by Gasteiger charge is -2.35. The van der Waals surface area contributed by atoms with Crippen LogP contribution in [-0.2, 0) is 18.3 Å². The summed E-state index contributed by atoms with van der Waals surface area (Å²) in [5.41, 5.74) is 1.07. The van der Waals surface area contributed by atoms with E-state index >= 15 is 0 Å². The first-order chi connectivity index (χ1) is 14.1. The number of morpholine rings is 1. The lowest BCUT2D eigenvalue weighted by atomic mass is 10.0. The Bertz CT molecular complexity index is 800. The summed E-state index contributed by atoms with van der Waals surface area (Å²) >= 11 is 0.